The first-order valence-corrected chi connectivity index (χ1v) is 13.5. The fourth-order valence-corrected chi connectivity index (χ4v) is 5.17. The van der Waals surface area contributed by atoms with E-state index in [9.17, 15) is 8.78 Å². The number of aromatic nitrogens is 5. The number of imidazole rings is 1. The van der Waals surface area contributed by atoms with Crippen LogP contribution in [0.2, 0.25) is 5.02 Å². The summed E-state index contributed by atoms with van der Waals surface area (Å²) in [5.41, 5.74) is 2.01. The van der Waals surface area contributed by atoms with Crippen LogP contribution in [0.4, 0.5) is 14.6 Å². The van der Waals surface area contributed by atoms with Gasteiger partial charge in [-0.3, -0.25) is 4.90 Å². The molecule has 40 heavy (non-hydrogen) atoms. The zero-order valence-electron chi connectivity index (χ0n) is 21.6. The summed E-state index contributed by atoms with van der Waals surface area (Å²) in [6.07, 6.45) is 5.17. The van der Waals surface area contributed by atoms with Crippen LogP contribution in [0.3, 0.4) is 0 Å². The molecule has 2 saturated heterocycles. The van der Waals surface area contributed by atoms with Gasteiger partial charge in [0.25, 0.3) is 11.7 Å². The molecule has 206 valence electrons. The molecule has 0 bridgehead atoms. The predicted molar refractivity (Wildman–Crippen MR) is 143 cm³/mol. The maximum absolute atomic E-state index is 14.5. The van der Waals surface area contributed by atoms with Crippen molar-refractivity contribution in [2.24, 2.45) is 0 Å². The van der Waals surface area contributed by atoms with E-state index >= 15 is 0 Å². The maximum Gasteiger partial charge on any atom is 0.271 e. The fraction of sp³-hybridized carbons (Fsp3) is 0.393. The summed E-state index contributed by atoms with van der Waals surface area (Å²) >= 11 is 5.83. The Labute approximate surface area is 234 Å². The third kappa shape index (κ3) is 5.75. The van der Waals surface area contributed by atoms with Gasteiger partial charge >= 0.3 is 0 Å². The zero-order chi connectivity index (χ0) is 27.6. The Hall–Kier alpha value is -3.72. The summed E-state index contributed by atoms with van der Waals surface area (Å²) in [4.78, 5) is 23.0. The number of pyridine rings is 1. The minimum atomic E-state index is -0.651. The first-order chi connectivity index (χ1) is 19.4. The average molecular weight is 566 g/mol. The lowest BCUT2D eigenvalue weighted by atomic mass is 10.1. The van der Waals surface area contributed by atoms with E-state index in [0.29, 0.717) is 42.3 Å². The number of hydrogen-bond acceptors (Lipinski definition) is 7. The van der Waals surface area contributed by atoms with Crippen LogP contribution < -0.4 is 4.74 Å². The van der Waals surface area contributed by atoms with Crippen LogP contribution >= 0.6 is 11.6 Å². The van der Waals surface area contributed by atoms with Gasteiger partial charge in [-0.15, -0.1) is 4.98 Å². The second-order valence-corrected chi connectivity index (χ2v) is 10.4. The highest BCUT2D eigenvalue weighted by Gasteiger charge is 2.26. The van der Waals surface area contributed by atoms with Crippen molar-refractivity contribution in [3.05, 3.63) is 81.9 Å². The van der Waals surface area contributed by atoms with Gasteiger partial charge in [0.15, 0.2) is 0 Å². The molecule has 0 radical (unpaired) electrons. The molecule has 1 aromatic carbocycles. The molecule has 0 saturated carbocycles. The molecular weight excluding hydrogens is 540 g/mol. The Morgan fingerprint density at radius 3 is 2.62 bits per heavy atom. The summed E-state index contributed by atoms with van der Waals surface area (Å²) in [5.74, 6) is 0.243. The first kappa shape index (κ1) is 26.5. The number of nitrogens with zero attached hydrogens (tertiary/aromatic N) is 7. The SMILES string of the molecule is [C-]#[N+]c1cc2nc(CN3CCC(Oc4nc(Cc5ccc(Cl)cc5F)ncc4F)CC3)n(C[C@@H]3CCO3)c2cn1. The fourth-order valence-electron chi connectivity index (χ4n) is 5.01. The van der Waals surface area contributed by atoms with Crippen LogP contribution in [-0.2, 0) is 24.2 Å². The molecule has 0 aliphatic carbocycles. The lowest BCUT2D eigenvalue weighted by Crippen LogP contribution is -2.39. The van der Waals surface area contributed by atoms with E-state index in [1.54, 1.807) is 24.4 Å². The zero-order valence-corrected chi connectivity index (χ0v) is 22.3. The molecule has 0 amide bonds. The number of ether oxygens (including phenoxy) is 2. The molecule has 12 heteroatoms. The van der Waals surface area contributed by atoms with E-state index in [1.807, 2.05) is 0 Å². The standard InChI is InChI=1S/C28H26ClF2N7O2/c1-32-25-12-23-24(14-34-25)38(15-20-6-9-39-20)27(35-23)16-37-7-4-19(5-8-37)40-28-22(31)13-33-26(36-28)10-17-2-3-18(29)11-21(17)30/h2-3,11-14,19-20H,4-10,15-16H2/t20-/m0/s1. The number of hydrogen-bond donors (Lipinski definition) is 0. The van der Waals surface area contributed by atoms with Gasteiger partial charge < -0.3 is 18.9 Å². The summed E-state index contributed by atoms with van der Waals surface area (Å²) in [6, 6.07) is 6.10. The van der Waals surface area contributed by atoms with Gasteiger partial charge in [0.1, 0.15) is 35.3 Å². The number of fused-ring (bicyclic) bond motifs is 1. The van der Waals surface area contributed by atoms with Crippen LogP contribution in [0, 0.1) is 18.2 Å². The molecule has 0 unspecified atom stereocenters. The molecule has 2 fully saturated rings. The maximum atomic E-state index is 14.5. The van der Waals surface area contributed by atoms with Crippen molar-refractivity contribution in [3.63, 3.8) is 0 Å². The van der Waals surface area contributed by atoms with Crippen molar-refractivity contribution in [2.75, 3.05) is 19.7 Å². The second kappa shape index (κ2) is 11.4. The van der Waals surface area contributed by atoms with E-state index in [1.165, 1.54) is 6.07 Å². The van der Waals surface area contributed by atoms with Gasteiger partial charge in [0.05, 0.1) is 30.9 Å². The smallest absolute Gasteiger partial charge is 0.271 e. The Morgan fingerprint density at radius 1 is 1.07 bits per heavy atom. The lowest BCUT2D eigenvalue weighted by Gasteiger charge is -2.32. The van der Waals surface area contributed by atoms with Gasteiger partial charge in [-0.05, 0) is 43.0 Å². The van der Waals surface area contributed by atoms with Crippen molar-refractivity contribution >= 4 is 28.5 Å². The molecule has 2 aliphatic heterocycles. The Bertz CT molecular complexity index is 1580. The van der Waals surface area contributed by atoms with Crippen LogP contribution in [0.15, 0.2) is 36.7 Å². The first-order valence-electron chi connectivity index (χ1n) is 13.1. The second-order valence-electron chi connectivity index (χ2n) is 10.0. The number of benzene rings is 1. The molecule has 2 aliphatic rings. The lowest BCUT2D eigenvalue weighted by molar-refractivity contribution is -0.0592. The number of halogens is 3. The Morgan fingerprint density at radius 2 is 1.90 bits per heavy atom. The molecule has 1 atom stereocenters. The third-order valence-electron chi connectivity index (χ3n) is 7.30. The van der Waals surface area contributed by atoms with Crippen molar-refractivity contribution in [1.82, 2.24) is 29.4 Å². The van der Waals surface area contributed by atoms with Crippen molar-refractivity contribution in [2.45, 2.75) is 51.0 Å². The van der Waals surface area contributed by atoms with E-state index in [2.05, 4.69) is 29.3 Å². The molecule has 0 spiro atoms. The minimum Gasteiger partial charge on any atom is -0.472 e. The number of piperidine rings is 1. The van der Waals surface area contributed by atoms with Crippen molar-refractivity contribution in [3.8, 4) is 5.88 Å². The number of rotatable bonds is 8. The number of likely N-dealkylation sites (tertiary alicyclic amines) is 1. The highest BCUT2D eigenvalue weighted by molar-refractivity contribution is 6.30. The summed E-state index contributed by atoms with van der Waals surface area (Å²) < 4.78 is 42.5. The molecule has 4 aromatic rings. The average Bonchev–Trinajstić information content (AvgIpc) is 3.26. The Kier molecular flexibility index (Phi) is 7.56. The van der Waals surface area contributed by atoms with Gasteiger partial charge in [0, 0.05) is 31.1 Å². The monoisotopic (exact) mass is 565 g/mol. The van der Waals surface area contributed by atoms with Gasteiger partial charge in [0.2, 0.25) is 5.82 Å². The Balaban J connectivity index is 1.10. The largest absolute Gasteiger partial charge is 0.472 e. The molecule has 3 aromatic heterocycles. The van der Waals surface area contributed by atoms with Gasteiger partial charge in [-0.1, -0.05) is 24.2 Å². The van der Waals surface area contributed by atoms with Crippen molar-refractivity contribution in [1.29, 1.82) is 0 Å². The molecule has 6 rings (SSSR count). The highest BCUT2D eigenvalue weighted by atomic mass is 35.5. The van der Waals surface area contributed by atoms with Crippen LogP contribution in [0.25, 0.3) is 15.9 Å². The van der Waals surface area contributed by atoms with E-state index < -0.39 is 11.6 Å². The topological polar surface area (TPSA) is 82.5 Å². The van der Waals surface area contributed by atoms with E-state index in [-0.39, 0.29) is 30.3 Å². The van der Waals surface area contributed by atoms with E-state index in [0.717, 1.165) is 49.2 Å². The quantitative estimate of drug-likeness (QED) is 0.274. The third-order valence-corrected chi connectivity index (χ3v) is 7.53. The summed E-state index contributed by atoms with van der Waals surface area (Å²) in [5, 5.41) is 0.299. The van der Waals surface area contributed by atoms with Gasteiger partial charge in [-0.2, -0.15) is 9.37 Å². The molecule has 9 nitrogen and oxygen atoms in total. The van der Waals surface area contributed by atoms with Crippen LogP contribution in [0.5, 0.6) is 5.88 Å². The van der Waals surface area contributed by atoms with Gasteiger partial charge in [-0.25, -0.2) is 14.4 Å². The van der Waals surface area contributed by atoms with E-state index in [4.69, 9.17) is 32.6 Å². The molecule has 5 heterocycles. The predicted octanol–water partition coefficient (Wildman–Crippen LogP) is 5.13. The molecule has 0 N–H and O–H groups in total. The summed E-state index contributed by atoms with van der Waals surface area (Å²) in [6.45, 7) is 10.8. The normalized spacial score (nSPS) is 18.0. The molecular formula is C28H26ClF2N7O2. The van der Waals surface area contributed by atoms with Crippen molar-refractivity contribution < 1.29 is 18.3 Å². The minimum absolute atomic E-state index is 0.0951. The summed E-state index contributed by atoms with van der Waals surface area (Å²) in [7, 11) is 0. The highest BCUT2D eigenvalue weighted by Crippen LogP contribution is 2.26. The van der Waals surface area contributed by atoms with Crippen LogP contribution in [0.1, 0.15) is 36.5 Å². The van der Waals surface area contributed by atoms with Crippen LogP contribution in [-0.4, -0.2) is 61.3 Å².